The van der Waals surface area contributed by atoms with Crippen LogP contribution in [0.3, 0.4) is 0 Å². The molecule has 0 aliphatic heterocycles. The van der Waals surface area contributed by atoms with Gasteiger partial charge in [-0.3, -0.25) is 0 Å². The van der Waals surface area contributed by atoms with Crippen molar-refractivity contribution < 1.29 is 0 Å². The maximum atomic E-state index is 2.42. The van der Waals surface area contributed by atoms with Crippen molar-refractivity contribution in [2.45, 2.75) is 78.0 Å². The zero-order valence-corrected chi connectivity index (χ0v) is 16.3. The van der Waals surface area contributed by atoms with Gasteiger partial charge in [0.1, 0.15) is 0 Å². The topological polar surface area (TPSA) is 0 Å². The molecule has 0 rings (SSSR count). The van der Waals surface area contributed by atoms with Crippen LogP contribution in [-0.2, 0) is 0 Å². The average Bonchev–Trinajstić information content (AvgIpc) is 2.40. The van der Waals surface area contributed by atoms with Crippen LogP contribution in [0.15, 0.2) is 48.6 Å². The van der Waals surface area contributed by atoms with E-state index in [1.807, 2.05) is 0 Å². The molecule has 0 nitrogen and oxygen atoms in total. The molecule has 0 aromatic rings. The van der Waals surface area contributed by atoms with Gasteiger partial charge in [-0.1, -0.05) is 24.3 Å². The molecule has 21 heavy (non-hydrogen) atoms. The van der Waals surface area contributed by atoms with Gasteiger partial charge in [-0.15, -0.1) is 0 Å². The van der Waals surface area contributed by atoms with E-state index in [2.05, 4.69) is 104 Å². The molecule has 0 N–H and O–H groups in total. The van der Waals surface area contributed by atoms with E-state index in [1.165, 1.54) is 0 Å². The van der Waals surface area contributed by atoms with Crippen LogP contribution in [0.4, 0.5) is 0 Å². The van der Waals surface area contributed by atoms with Crippen molar-refractivity contribution in [1.29, 1.82) is 0 Å². The molecular weight excluding hydrogens is 271 g/mol. The molecule has 0 radical (unpaired) electrons. The van der Waals surface area contributed by atoms with Crippen LogP contribution >= 0.6 is 7.26 Å². The summed E-state index contributed by atoms with van der Waals surface area (Å²) in [6.07, 6.45) is 18.6. The van der Waals surface area contributed by atoms with Crippen LogP contribution in [0.1, 0.15) is 55.4 Å². The van der Waals surface area contributed by atoms with Crippen LogP contribution in [0.5, 0.6) is 0 Å². The van der Waals surface area contributed by atoms with Crippen LogP contribution in [0.2, 0.25) is 0 Å². The summed E-state index contributed by atoms with van der Waals surface area (Å²) in [6.45, 7) is 18.3. The van der Waals surface area contributed by atoms with Crippen molar-refractivity contribution in [3.63, 3.8) is 0 Å². The summed E-state index contributed by atoms with van der Waals surface area (Å²) in [5.74, 6) is 0. The van der Waals surface area contributed by atoms with Gasteiger partial charge in [0.2, 0.25) is 0 Å². The monoisotopic (exact) mass is 307 g/mol. The van der Waals surface area contributed by atoms with Crippen LogP contribution < -0.4 is 0 Å². The molecule has 0 aliphatic carbocycles. The van der Waals surface area contributed by atoms with Crippen molar-refractivity contribution in [3.8, 4) is 0 Å². The summed E-state index contributed by atoms with van der Waals surface area (Å²) < 4.78 is 0. The minimum Gasteiger partial charge on any atom is -0.0878 e. The van der Waals surface area contributed by atoms with Gasteiger partial charge in [0.25, 0.3) is 0 Å². The zero-order chi connectivity index (χ0) is 16.5. The molecule has 4 atom stereocenters. The second kappa shape index (κ2) is 10.2. The molecule has 4 unspecified atom stereocenters. The Hall–Kier alpha value is -0.610. The molecule has 0 amide bonds. The maximum Gasteiger partial charge on any atom is 0.0865 e. The Morgan fingerprint density at radius 3 is 0.810 bits per heavy atom. The van der Waals surface area contributed by atoms with Crippen LogP contribution in [0.25, 0.3) is 0 Å². The van der Waals surface area contributed by atoms with Gasteiger partial charge in [0.05, 0.1) is 22.6 Å². The third kappa shape index (κ3) is 4.68. The standard InChI is InChI=1S/C20H36P/c1-9-13-17(5)21(18(6)14-10-2,19(7)15-11-3)20(8)16-12-4/h9-20H,1-8H3/q+1. The molecule has 0 bridgehead atoms. The number of rotatable bonds is 8. The lowest BCUT2D eigenvalue weighted by Gasteiger charge is -2.42. The Bertz CT molecular complexity index is 309. The Labute approximate surface area is 134 Å². The van der Waals surface area contributed by atoms with Crippen molar-refractivity contribution in [2.24, 2.45) is 0 Å². The lowest BCUT2D eigenvalue weighted by Crippen LogP contribution is -2.32. The molecule has 0 saturated carbocycles. The smallest absolute Gasteiger partial charge is 0.0865 e. The lowest BCUT2D eigenvalue weighted by atomic mass is 10.4. The first-order valence-corrected chi connectivity index (χ1v) is 10.4. The third-order valence-electron chi connectivity index (χ3n) is 4.71. The molecule has 0 heterocycles. The quantitative estimate of drug-likeness (QED) is 0.339. The minimum absolute atomic E-state index is 0.631. The van der Waals surface area contributed by atoms with Crippen LogP contribution in [-0.4, -0.2) is 22.6 Å². The van der Waals surface area contributed by atoms with E-state index in [4.69, 9.17) is 0 Å². The molecule has 0 aromatic carbocycles. The van der Waals surface area contributed by atoms with Gasteiger partial charge >= 0.3 is 0 Å². The van der Waals surface area contributed by atoms with Crippen LogP contribution in [0, 0.1) is 0 Å². The second-order valence-electron chi connectivity index (χ2n) is 5.96. The van der Waals surface area contributed by atoms with Crippen molar-refractivity contribution in [1.82, 2.24) is 0 Å². The SMILES string of the molecule is CC=CC(C)[P+](C(C)C=CC)(C(C)C=CC)C(C)C=CC. The first kappa shape index (κ1) is 20.4. The zero-order valence-electron chi connectivity index (χ0n) is 15.4. The highest BCUT2D eigenvalue weighted by atomic mass is 31.2. The van der Waals surface area contributed by atoms with Crippen molar-refractivity contribution in [3.05, 3.63) is 48.6 Å². The van der Waals surface area contributed by atoms with E-state index in [-0.39, 0.29) is 0 Å². The van der Waals surface area contributed by atoms with Crippen molar-refractivity contribution in [2.75, 3.05) is 0 Å². The molecule has 0 saturated heterocycles. The number of hydrogen-bond donors (Lipinski definition) is 0. The fourth-order valence-corrected chi connectivity index (χ4v) is 10.3. The Morgan fingerprint density at radius 2 is 0.667 bits per heavy atom. The summed E-state index contributed by atoms with van der Waals surface area (Å²) in [7, 11) is -1.27. The van der Waals surface area contributed by atoms with E-state index in [9.17, 15) is 0 Å². The largest absolute Gasteiger partial charge is 0.0878 e. The fraction of sp³-hybridized carbons (Fsp3) is 0.600. The highest BCUT2D eigenvalue weighted by Gasteiger charge is 2.53. The maximum absolute atomic E-state index is 2.42. The summed E-state index contributed by atoms with van der Waals surface area (Å²) in [6, 6.07) is 0. The summed E-state index contributed by atoms with van der Waals surface area (Å²) in [5, 5.41) is 0. The number of hydrogen-bond acceptors (Lipinski definition) is 0. The van der Waals surface area contributed by atoms with Gasteiger partial charge < -0.3 is 0 Å². The minimum atomic E-state index is -1.27. The van der Waals surface area contributed by atoms with Gasteiger partial charge in [0.15, 0.2) is 0 Å². The van der Waals surface area contributed by atoms with Gasteiger partial charge in [-0.25, -0.2) is 0 Å². The molecule has 0 aliphatic rings. The molecule has 0 spiro atoms. The predicted molar refractivity (Wildman–Crippen MR) is 104 cm³/mol. The first-order valence-electron chi connectivity index (χ1n) is 8.32. The lowest BCUT2D eigenvalue weighted by molar-refractivity contribution is 0.970. The Balaban J connectivity index is 6.16. The van der Waals surface area contributed by atoms with Gasteiger partial charge in [-0.05, 0) is 79.7 Å². The Kier molecular flexibility index (Phi) is 9.88. The summed E-state index contributed by atoms with van der Waals surface area (Å²) in [5.41, 5.74) is 2.52. The summed E-state index contributed by atoms with van der Waals surface area (Å²) in [4.78, 5) is 0. The molecule has 1 heteroatoms. The van der Waals surface area contributed by atoms with E-state index >= 15 is 0 Å². The fourth-order valence-electron chi connectivity index (χ4n) is 3.94. The highest BCUT2D eigenvalue weighted by molar-refractivity contribution is 7.79. The van der Waals surface area contributed by atoms with Crippen molar-refractivity contribution >= 4 is 7.26 Å². The summed E-state index contributed by atoms with van der Waals surface area (Å²) >= 11 is 0. The van der Waals surface area contributed by atoms with E-state index in [0.29, 0.717) is 22.6 Å². The number of allylic oxidation sites excluding steroid dienone is 8. The first-order chi connectivity index (χ1) is 9.93. The van der Waals surface area contributed by atoms with E-state index in [1.54, 1.807) is 0 Å². The third-order valence-corrected chi connectivity index (χ3v) is 11.0. The normalized spacial score (nSPS) is 22.1. The van der Waals surface area contributed by atoms with E-state index in [0.717, 1.165) is 0 Å². The highest BCUT2D eigenvalue weighted by Crippen LogP contribution is 2.74. The Morgan fingerprint density at radius 1 is 0.476 bits per heavy atom. The van der Waals surface area contributed by atoms with Gasteiger partial charge in [0, 0.05) is 7.26 Å². The average molecular weight is 307 g/mol. The molecular formula is C20H36P+. The second-order valence-corrected chi connectivity index (χ2v) is 11.0. The molecule has 0 fully saturated rings. The molecule has 0 aromatic heterocycles. The van der Waals surface area contributed by atoms with E-state index < -0.39 is 7.26 Å². The molecule has 120 valence electrons. The predicted octanol–water partition coefficient (Wildman–Crippen LogP) is 6.86. The van der Waals surface area contributed by atoms with Gasteiger partial charge in [-0.2, -0.15) is 0 Å².